The van der Waals surface area contributed by atoms with Gasteiger partial charge >= 0.3 is 0 Å². The minimum Gasteiger partial charge on any atom is -0.383 e. The van der Waals surface area contributed by atoms with Crippen molar-refractivity contribution in [3.05, 3.63) is 23.5 Å². The van der Waals surface area contributed by atoms with Crippen LogP contribution in [0.25, 0.3) is 0 Å². The van der Waals surface area contributed by atoms with E-state index in [1.807, 2.05) is 0 Å². The highest BCUT2D eigenvalue weighted by atomic mass is 35.5. The van der Waals surface area contributed by atoms with Gasteiger partial charge in [0.05, 0.1) is 25.0 Å². The van der Waals surface area contributed by atoms with E-state index in [1.165, 1.54) is 0 Å². The Labute approximate surface area is 92.4 Å². The quantitative estimate of drug-likeness (QED) is 0.733. The highest BCUT2D eigenvalue weighted by Gasteiger charge is 2.14. The van der Waals surface area contributed by atoms with Crippen LogP contribution in [-0.2, 0) is 11.3 Å². The second kappa shape index (κ2) is 5.34. The molecule has 1 rings (SSSR count). The maximum atomic E-state index is 6.04. The van der Waals surface area contributed by atoms with Gasteiger partial charge in [-0.1, -0.05) is 23.4 Å². The molecular weight excluding hydrogens is 225 g/mol. The van der Waals surface area contributed by atoms with Gasteiger partial charge < -0.3 is 4.74 Å². The van der Waals surface area contributed by atoms with E-state index in [9.17, 15) is 0 Å². The molecular formula is C8H11Cl2N3O. The molecule has 0 saturated heterocycles. The van der Waals surface area contributed by atoms with Crippen LogP contribution in [0.3, 0.4) is 0 Å². The summed E-state index contributed by atoms with van der Waals surface area (Å²) in [5.41, 5.74) is 0.773. The van der Waals surface area contributed by atoms with Crippen molar-refractivity contribution >= 4 is 23.2 Å². The summed E-state index contributed by atoms with van der Waals surface area (Å²) in [6, 6.07) is 0. The number of ether oxygens (including phenoxy) is 1. The van der Waals surface area contributed by atoms with E-state index >= 15 is 0 Å². The maximum absolute atomic E-state index is 6.04. The number of nitrogens with zero attached hydrogens (tertiary/aromatic N) is 3. The topological polar surface area (TPSA) is 39.9 Å². The van der Waals surface area contributed by atoms with Gasteiger partial charge in [-0.3, -0.25) is 0 Å². The first kappa shape index (κ1) is 11.5. The lowest BCUT2D eigenvalue weighted by atomic mass is 10.3. The molecule has 14 heavy (non-hydrogen) atoms. The molecule has 0 aromatic carbocycles. The average Bonchev–Trinajstić information content (AvgIpc) is 2.51. The summed E-state index contributed by atoms with van der Waals surface area (Å²) < 4.78 is 6.53. The number of allylic oxidation sites excluding steroid dienone is 1. The summed E-state index contributed by atoms with van der Waals surface area (Å²) >= 11 is 11.7. The van der Waals surface area contributed by atoms with E-state index in [-0.39, 0.29) is 5.38 Å². The van der Waals surface area contributed by atoms with Crippen molar-refractivity contribution < 1.29 is 4.74 Å². The maximum Gasteiger partial charge on any atom is 0.100 e. The largest absolute Gasteiger partial charge is 0.383 e. The van der Waals surface area contributed by atoms with Crippen molar-refractivity contribution in [1.29, 1.82) is 0 Å². The van der Waals surface area contributed by atoms with Crippen molar-refractivity contribution in [2.24, 2.45) is 0 Å². The van der Waals surface area contributed by atoms with E-state index in [1.54, 1.807) is 18.0 Å². The zero-order chi connectivity index (χ0) is 10.6. The van der Waals surface area contributed by atoms with Gasteiger partial charge in [-0.2, -0.15) is 0 Å². The molecule has 0 aliphatic carbocycles. The molecule has 4 nitrogen and oxygen atoms in total. The summed E-state index contributed by atoms with van der Waals surface area (Å²) in [6.45, 7) is 4.39. The second-order valence-electron chi connectivity index (χ2n) is 2.76. The first-order valence-electron chi connectivity index (χ1n) is 3.99. The standard InChI is InChI=1S/C8H11Cl2N3O/c1-6(9)4-13-8(3-11-12-13)7(10)5-14-2/h3,7H,1,4-5H2,2H3. The van der Waals surface area contributed by atoms with Crippen LogP contribution < -0.4 is 0 Å². The van der Waals surface area contributed by atoms with Crippen molar-refractivity contribution in [2.75, 3.05) is 13.7 Å². The predicted molar refractivity (Wildman–Crippen MR) is 55.5 cm³/mol. The molecule has 0 spiro atoms. The normalized spacial score (nSPS) is 12.8. The Bertz CT molecular complexity index is 313. The Morgan fingerprint density at radius 3 is 3.07 bits per heavy atom. The van der Waals surface area contributed by atoms with Gasteiger partial charge in [0, 0.05) is 12.1 Å². The zero-order valence-corrected chi connectivity index (χ0v) is 9.29. The van der Waals surface area contributed by atoms with E-state index in [4.69, 9.17) is 27.9 Å². The van der Waals surface area contributed by atoms with Crippen molar-refractivity contribution in [1.82, 2.24) is 15.0 Å². The average molecular weight is 236 g/mol. The van der Waals surface area contributed by atoms with Gasteiger partial charge in [-0.05, 0) is 0 Å². The van der Waals surface area contributed by atoms with Crippen LogP contribution >= 0.6 is 23.2 Å². The van der Waals surface area contributed by atoms with Gasteiger partial charge in [-0.15, -0.1) is 16.7 Å². The predicted octanol–water partition coefficient (Wildman–Crippen LogP) is 1.96. The fraction of sp³-hybridized carbons (Fsp3) is 0.500. The van der Waals surface area contributed by atoms with Crippen LogP contribution in [0, 0.1) is 0 Å². The van der Waals surface area contributed by atoms with Gasteiger partial charge in [0.2, 0.25) is 0 Å². The Hall–Kier alpha value is -0.580. The molecule has 78 valence electrons. The molecule has 0 saturated carbocycles. The monoisotopic (exact) mass is 235 g/mol. The van der Waals surface area contributed by atoms with Crippen LogP contribution in [0.2, 0.25) is 0 Å². The molecule has 1 atom stereocenters. The lowest BCUT2D eigenvalue weighted by Gasteiger charge is -2.09. The van der Waals surface area contributed by atoms with Gasteiger partial charge in [-0.25, -0.2) is 4.68 Å². The van der Waals surface area contributed by atoms with Crippen LogP contribution in [0.15, 0.2) is 17.8 Å². The van der Waals surface area contributed by atoms with Crippen molar-refractivity contribution in [3.63, 3.8) is 0 Å². The number of hydrogen-bond donors (Lipinski definition) is 0. The first-order chi connectivity index (χ1) is 6.65. The second-order valence-corrected chi connectivity index (χ2v) is 3.82. The van der Waals surface area contributed by atoms with Gasteiger partial charge in [0.25, 0.3) is 0 Å². The fourth-order valence-electron chi connectivity index (χ4n) is 1.03. The lowest BCUT2D eigenvalue weighted by Crippen LogP contribution is -2.09. The van der Waals surface area contributed by atoms with Crippen LogP contribution in [0.4, 0.5) is 0 Å². The molecule has 1 heterocycles. The highest BCUT2D eigenvalue weighted by molar-refractivity contribution is 6.29. The molecule has 0 N–H and O–H groups in total. The molecule has 0 fully saturated rings. The third-order valence-electron chi connectivity index (χ3n) is 1.60. The molecule has 6 heteroatoms. The van der Waals surface area contributed by atoms with Crippen molar-refractivity contribution in [3.8, 4) is 0 Å². The molecule has 0 aliphatic heterocycles. The number of rotatable bonds is 5. The molecule has 1 aromatic rings. The van der Waals surface area contributed by atoms with Crippen LogP contribution in [0.5, 0.6) is 0 Å². The summed E-state index contributed by atoms with van der Waals surface area (Å²) in [5.74, 6) is 0. The number of methoxy groups -OCH3 is 1. The van der Waals surface area contributed by atoms with E-state index in [2.05, 4.69) is 16.9 Å². The molecule has 0 aliphatic rings. The first-order valence-corrected chi connectivity index (χ1v) is 4.81. The van der Waals surface area contributed by atoms with Crippen LogP contribution in [0.1, 0.15) is 11.1 Å². The third kappa shape index (κ3) is 2.97. The minimum absolute atomic E-state index is 0.272. The van der Waals surface area contributed by atoms with E-state index < -0.39 is 0 Å². The molecule has 1 unspecified atom stereocenters. The zero-order valence-electron chi connectivity index (χ0n) is 7.78. The summed E-state index contributed by atoms with van der Waals surface area (Å²) in [6.07, 6.45) is 1.59. The summed E-state index contributed by atoms with van der Waals surface area (Å²) in [4.78, 5) is 0. The highest BCUT2D eigenvalue weighted by Crippen LogP contribution is 2.20. The van der Waals surface area contributed by atoms with E-state index in [0.717, 1.165) is 5.69 Å². The Morgan fingerprint density at radius 1 is 1.79 bits per heavy atom. The molecule has 1 aromatic heterocycles. The SMILES string of the molecule is C=C(Cl)Cn1nncc1C(Cl)COC. The Kier molecular flexibility index (Phi) is 4.38. The molecule has 0 bridgehead atoms. The number of alkyl halides is 1. The molecule has 0 radical (unpaired) electrons. The van der Waals surface area contributed by atoms with E-state index in [0.29, 0.717) is 18.2 Å². The van der Waals surface area contributed by atoms with Crippen molar-refractivity contribution in [2.45, 2.75) is 11.9 Å². The van der Waals surface area contributed by atoms with Crippen LogP contribution in [-0.4, -0.2) is 28.7 Å². The fourth-order valence-corrected chi connectivity index (χ4v) is 1.43. The number of hydrogen-bond acceptors (Lipinski definition) is 3. The lowest BCUT2D eigenvalue weighted by molar-refractivity contribution is 0.196. The summed E-state index contributed by atoms with van der Waals surface area (Å²) in [7, 11) is 1.59. The summed E-state index contributed by atoms with van der Waals surface area (Å²) in [5, 5.41) is 7.80. The number of aromatic nitrogens is 3. The Balaban J connectivity index is 2.75. The molecule has 0 amide bonds. The van der Waals surface area contributed by atoms with Gasteiger partial charge in [0.1, 0.15) is 5.38 Å². The smallest absolute Gasteiger partial charge is 0.100 e. The third-order valence-corrected chi connectivity index (χ3v) is 2.07. The number of halogens is 2. The Morgan fingerprint density at radius 2 is 2.50 bits per heavy atom. The van der Waals surface area contributed by atoms with Gasteiger partial charge in [0.15, 0.2) is 0 Å². The minimum atomic E-state index is -0.272.